The van der Waals surface area contributed by atoms with Gasteiger partial charge in [-0.15, -0.1) is 15.9 Å². The number of nitro benzene ring substituents is 1. The van der Waals surface area contributed by atoms with Crippen molar-refractivity contribution in [1.82, 2.24) is 14.9 Å². The zero-order chi connectivity index (χ0) is 21.8. The molecule has 0 spiro atoms. The highest BCUT2D eigenvalue weighted by molar-refractivity contribution is 9.10. The van der Waals surface area contributed by atoms with Crippen LogP contribution in [0.15, 0.2) is 51.1 Å². The fourth-order valence-corrected chi connectivity index (χ4v) is 3.61. The summed E-state index contributed by atoms with van der Waals surface area (Å²) in [6.07, 6.45) is 1.19. The molecule has 3 rings (SSSR count). The monoisotopic (exact) mass is 489 g/mol. The van der Waals surface area contributed by atoms with Gasteiger partial charge < -0.3 is 10.2 Å². The van der Waals surface area contributed by atoms with E-state index in [0.717, 1.165) is 16.1 Å². The van der Waals surface area contributed by atoms with E-state index in [4.69, 9.17) is 0 Å². The van der Waals surface area contributed by atoms with Gasteiger partial charge in [0.05, 0.1) is 11.1 Å². The van der Waals surface area contributed by atoms with Gasteiger partial charge in [-0.3, -0.25) is 10.1 Å². The van der Waals surface area contributed by atoms with Crippen molar-refractivity contribution >= 4 is 39.6 Å². The van der Waals surface area contributed by atoms with Crippen LogP contribution in [0.2, 0.25) is 0 Å². The van der Waals surface area contributed by atoms with Crippen molar-refractivity contribution in [3.63, 3.8) is 0 Å². The van der Waals surface area contributed by atoms with Gasteiger partial charge in [-0.1, -0.05) is 59.7 Å². The quantitative estimate of drug-likeness (QED) is 0.215. The Morgan fingerprint density at radius 3 is 2.53 bits per heavy atom. The van der Waals surface area contributed by atoms with E-state index in [2.05, 4.69) is 31.2 Å². The summed E-state index contributed by atoms with van der Waals surface area (Å²) in [5.74, 6) is -0.367. The third kappa shape index (κ3) is 4.97. The van der Waals surface area contributed by atoms with E-state index < -0.39 is 22.1 Å². The summed E-state index contributed by atoms with van der Waals surface area (Å²) in [6.45, 7) is 3.85. The maximum atomic E-state index is 12.1. The minimum absolute atomic E-state index is 0.00163. The Morgan fingerprint density at radius 1 is 1.20 bits per heavy atom. The van der Waals surface area contributed by atoms with Crippen LogP contribution in [0.25, 0.3) is 0 Å². The summed E-state index contributed by atoms with van der Waals surface area (Å²) in [5.41, 5.74) is 0.346. The summed E-state index contributed by atoms with van der Waals surface area (Å²) < 4.78 is 2.49. The molecule has 0 atom stereocenters. The van der Waals surface area contributed by atoms with Gasteiger partial charge in [0.2, 0.25) is 5.16 Å². The molecule has 0 radical (unpaired) electrons. The summed E-state index contributed by atoms with van der Waals surface area (Å²) in [4.78, 5) is 10.2. The lowest BCUT2D eigenvalue weighted by Gasteiger charge is -2.15. The van der Waals surface area contributed by atoms with Crippen LogP contribution < -0.4 is 10.2 Å². The molecule has 1 heterocycles. The number of halogens is 1. The van der Waals surface area contributed by atoms with Gasteiger partial charge in [0.15, 0.2) is 5.82 Å². The molecule has 11 heteroatoms. The van der Waals surface area contributed by atoms with Crippen LogP contribution in [0.3, 0.4) is 0 Å². The molecule has 0 saturated heterocycles. The van der Waals surface area contributed by atoms with Crippen LogP contribution >= 0.6 is 27.7 Å². The minimum atomic E-state index is -0.931. The first-order valence-electron chi connectivity index (χ1n) is 8.79. The molecule has 9 nitrogen and oxygen atoms in total. The molecule has 0 aliphatic heterocycles. The van der Waals surface area contributed by atoms with Gasteiger partial charge in [0.1, 0.15) is 0 Å². The fourth-order valence-electron chi connectivity index (χ4n) is 2.49. The molecule has 156 valence electrons. The Bertz CT molecular complexity index is 1100. The molecule has 3 aromatic rings. The van der Waals surface area contributed by atoms with Gasteiger partial charge in [-0.2, -0.15) is 9.78 Å². The highest BCUT2D eigenvalue weighted by Gasteiger charge is 2.15. The second-order valence-corrected chi connectivity index (χ2v) is 8.44. The summed E-state index contributed by atoms with van der Waals surface area (Å²) in [5, 5.41) is 47.8. The van der Waals surface area contributed by atoms with E-state index in [1.165, 1.54) is 22.7 Å². The standard InChI is InChI=1S/C19H18BrN5O4S/c1-11(2)18-22-23-19(30-10-12-3-5-14(20)6-4-12)24(18)21-9-13-7-15(25(28)29)17(27)8-16(13)26/h3-9,11,26-27H,10H2,1-2H3/p-2/b21-9-. The van der Waals surface area contributed by atoms with Crippen molar-refractivity contribution in [1.29, 1.82) is 0 Å². The first kappa shape index (κ1) is 21.8. The maximum absolute atomic E-state index is 12.1. The van der Waals surface area contributed by atoms with Crippen molar-refractivity contribution in [3.05, 3.63) is 67.9 Å². The summed E-state index contributed by atoms with van der Waals surface area (Å²) in [6, 6.07) is 9.48. The number of hydrogen-bond donors (Lipinski definition) is 0. The zero-order valence-electron chi connectivity index (χ0n) is 16.0. The number of benzene rings is 2. The van der Waals surface area contributed by atoms with Crippen molar-refractivity contribution in [2.24, 2.45) is 5.10 Å². The highest BCUT2D eigenvalue weighted by Crippen LogP contribution is 2.29. The van der Waals surface area contributed by atoms with Gasteiger partial charge >= 0.3 is 0 Å². The van der Waals surface area contributed by atoms with Crippen molar-refractivity contribution in [2.75, 3.05) is 0 Å². The molecule has 0 saturated carbocycles. The SMILES string of the molecule is CC(C)c1nnc(SCc2ccc(Br)cc2)n1/N=C\c1cc([N+](=O)[O-])c([O-])cc1[O-]. The lowest BCUT2D eigenvalue weighted by molar-refractivity contribution is -0.398. The van der Waals surface area contributed by atoms with E-state index in [9.17, 15) is 20.3 Å². The van der Waals surface area contributed by atoms with Crippen LogP contribution in [-0.2, 0) is 5.75 Å². The van der Waals surface area contributed by atoms with Gasteiger partial charge in [-0.05, 0) is 29.0 Å². The minimum Gasteiger partial charge on any atom is -0.872 e. The van der Waals surface area contributed by atoms with Crippen LogP contribution in [0.1, 0.15) is 36.7 Å². The molecular weight excluding hydrogens is 474 g/mol. The highest BCUT2D eigenvalue weighted by atomic mass is 79.9. The van der Waals surface area contributed by atoms with Gasteiger partial charge in [0.25, 0.3) is 5.69 Å². The maximum Gasteiger partial charge on any atom is 0.262 e. The normalized spacial score (nSPS) is 11.5. The van der Waals surface area contributed by atoms with Crippen LogP contribution in [0.5, 0.6) is 11.5 Å². The summed E-state index contributed by atoms with van der Waals surface area (Å²) in [7, 11) is 0. The van der Waals surface area contributed by atoms with Crippen molar-refractivity contribution in [3.8, 4) is 11.5 Å². The number of nitrogens with zero attached hydrogens (tertiary/aromatic N) is 5. The molecule has 2 aromatic carbocycles. The Kier molecular flexibility index (Phi) is 6.73. The van der Waals surface area contributed by atoms with Crippen molar-refractivity contribution in [2.45, 2.75) is 30.7 Å². The molecule has 1 aromatic heterocycles. The van der Waals surface area contributed by atoms with E-state index in [1.807, 2.05) is 38.1 Å². The third-order valence-electron chi connectivity index (χ3n) is 4.03. The molecule has 0 N–H and O–H groups in total. The smallest absolute Gasteiger partial charge is 0.262 e. The molecule has 0 aliphatic carbocycles. The van der Waals surface area contributed by atoms with Crippen LogP contribution in [0, 0.1) is 10.1 Å². The summed E-state index contributed by atoms with van der Waals surface area (Å²) >= 11 is 4.82. The Hall–Kier alpha value is -2.92. The number of nitro groups is 1. The third-order valence-corrected chi connectivity index (χ3v) is 5.55. The molecule has 0 unspecified atom stereocenters. The fraction of sp³-hybridized carbons (Fsp3) is 0.211. The predicted molar refractivity (Wildman–Crippen MR) is 113 cm³/mol. The lowest BCUT2D eigenvalue weighted by atomic mass is 10.2. The second-order valence-electron chi connectivity index (χ2n) is 6.58. The predicted octanol–water partition coefficient (Wildman–Crippen LogP) is 3.39. The van der Waals surface area contributed by atoms with Crippen LogP contribution in [-0.4, -0.2) is 26.0 Å². The van der Waals surface area contributed by atoms with E-state index in [1.54, 1.807) is 0 Å². The Balaban J connectivity index is 1.91. The lowest BCUT2D eigenvalue weighted by Crippen LogP contribution is -2.05. The molecule has 0 amide bonds. The number of rotatable bonds is 7. The average molecular weight is 490 g/mol. The molecule has 0 bridgehead atoms. The first-order valence-corrected chi connectivity index (χ1v) is 10.6. The number of thioether (sulfide) groups is 1. The molecule has 30 heavy (non-hydrogen) atoms. The topological polar surface area (TPSA) is 132 Å². The average Bonchev–Trinajstić information content (AvgIpc) is 3.09. The van der Waals surface area contributed by atoms with Gasteiger partial charge in [-0.25, -0.2) is 0 Å². The molecule has 0 aliphatic rings. The Morgan fingerprint density at radius 2 is 1.90 bits per heavy atom. The van der Waals surface area contributed by atoms with Gasteiger partial charge in [0, 0.05) is 22.2 Å². The van der Waals surface area contributed by atoms with E-state index in [0.29, 0.717) is 22.8 Å². The first-order chi connectivity index (χ1) is 14.3. The van der Waals surface area contributed by atoms with Crippen molar-refractivity contribution < 1.29 is 15.1 Å². The van der Waals surface area contributed by atoms with E-state index >= 15 is 0 Å². The zero-order valence-corrected chi connectivity index (χ0v) is 18.4. The molecular formula is C19H16BrN5O4S-2. The number of aromatic nitrogens is 3. The second kappa shape index (κ2) is 9.26. The molecule has 0 fully saturated rings. The van der Waals surface area contributed by atoms with Crippen LogP contribution in [0.4, 0.5) is 5.69 Å². The van der Waals surface area contributed by atoms with E-state index in [-0.39, 0.29) is 11.5 Å². The number of hydrogen-bond acceptors (Lipinski definition) is 8. The largest absolute Gasteiger partial charge is 0.872 e. The Labute approximate surface area is 184 Å².